The predicted molar refractivity (Wildman–Crippen MR) is 79.8 cm³/mol. The minimum Gasteiger partial charge on any atom is -0.320 e. The molecule has 2 aromatic rings. The van der Waals surface area contributed by atoms with Crippen LogP contribution in [0.2, 0.25) is 0 Å². The molecule has 114 valence electrons. The highest BCUT2D eigenvalue weighted by Gasteiger charge is 2.14. The highest BCUT2D eigenvalue weighted by Crippen LogP contribution is 2.25. The van der Waals surface area contributed by atoms with Gasteiger partial charge < -0.3 is 10.2 Å². The average Bonchev–Trinajstić information content (AvgIpc) is 2.49. The van der Waals surface area contributed by atoms with Crippen molar-refractivity contribution in [2.24, 2.45) is 0 Å². The first-order valence-electron chi connectivity index (χ1n) is 6.50. The monoisotopic (exact) mass is 304 g/mol. The largest absolute Gasteiger partial charge is 0.320 e. The zero-order chi connectivity index (χ0) is 16.3. The van der Waals surface area contributed by atoms with Crippen LogP contribution in [0, 0.1) is 11.6 Å². The minimum atomic E-state index is -1.10. The lowest BCUT2D eigenvalue weighted by Gasteiger charge is -2.19. The van der Waals surface area contributed by atoms with E-state index in [1.807, 2.05) is 0 Å². The topological polar surface area (TPSA) is 49.4 Å². The molecule has 0 aliphatic rings. The Morgan fingerprint density at radius 1 is 1.05 bits per heavy atom. The molecule has 0 saturated heterocycles. The fourth-order valence-corrected chi connectivity index (χ4v) is 1.87. The molecule has 0 bridgehead atoms. The molecule has 0 unspecified atom stereocenters. The van der Waals surface area contributed by atoms with Gasteiger partial charge in [0.2, 0.25) is 5.91 Å². The zero-order valence-electron chi connectivity index (χ0n) is 12.1. The lowest BCUT2D eigenvalue weighted by molar-refractivity contribution is -0.116. The molecule has 2 aromatic carbocycles. The number of benzene rings is 2. The molecule has 0 spiro atoms. The Kier molecular flexibility index (Phi) is 4.50. The Morgan fingerprint density at radius 2 is 1.73 bits per heavy atom. The molecular formula is C16H14F2N2O2. The van der Waals surface area contributed by atoms with Crippen LogP contribution in [0.5, 0.6) is 0 Å². The van der Waals surface area contributed by atoms with Gasteiger partial charge in [0.15, 0.2) is 11.6 Å². The molecule has 22 heavy (non-hydrogen) atoms. The Hall–Kier alpha value is -2.76. The van der Waals surface area contributed by atoms with Gasteiger partial charge in [-0.3, -0.25) is 9.59 Å². The maximum Gasteiger partial charge on any atom is 0.255 e. The summed E-state index contributed by atoms with van der Waals surface area (Å²) in [6.07, 6.45) is 0. The molecule has 1 N–H and O–H groups in total. The molecule has 0 atom stereocenters. The number of anilines is 2. The molecule has 0 saturated carbocycles. The SMILES string of the molecule is CC(=O)N(C)c1ccccc1NC(=O)c1ccc(F)c(F)c1. The van der Waals surface area contributed by atoms with Crippen LogP contribution in [-0.2, 0) is 4.79 Å². The van der Waals surface area contributed by atoms with E-state index in [2.05, 4.69) is 5.32 Å². The van der Waals surface area contributed by atoms with Crippen LogP contribution in [0.1, 0.15) is 17.3 Å². The van der Waals surface area contributed by atoms with Gasteiger partial charge in [-0.1, -0.05) is 12.1 Å². The molecule has 4 nitrogen and oxygen atoms in total. The zero-order valence-corrected chi connectivity index (χ0v) is 12.1. The number of para-hydroxylation sites is 2. The summed E-state index contributed by atoms with van der Waals surface area (Å²) in [6.45, 7) is 1.40. The number of carbonyl (C=O) groups excluding carboxylic acids is 2. The quantitative estimate of drug-likeness (QED) is 0.946. The van der Waals surface area contributed by atoms with Crippen LogP contribution in [0.4, 0.5) is 20.2 Å². The Bertz CT molecular complexity index is 732. The Morgan fingerprint density at radius 3 is 2.36 bits per heavy atom. The Balaban J connectivity index is 2.29. The highest BCUT2D eigenvalue weighted by molar-refractivity contribution is 6.07. The first-order valence-corrected chi connectivity index (χ1v) is 6.50. The van der Waals surface area contributed by atoms with E-state index in [0.717, 1.165) is 12.1 Å². The van der Waals surface area contributed by atoms with Crippen molar-refractivity contribution in [3.8, 4) is 0 Å². The number of rotatable bonds is 3. The third kappa shape index (κ3) is 3.28. The second kappa shape index (κ2) is 6.34. The molecule has 0 aromatic heterocycles. The van der Waals surface area contributed by atoms with Crippen molar-refractivity contribution >= 4 is 23.2 Å². The van der Waals surface area contributed by atoms with E-state index in [-0.39, 0.29) is 11.5 Å². The summed E-state index contributed by atoms with van der Waals surface area (Å²) < 4.78 is 26.1. The molecule has 2 rings (SSSR count). The van der Waals surface area contributed by atoms with Crippen molar-refractivity contribution in [2.75, 3.05) is 17.3 Å². The van der Waals surface area contributed by atoms with Gasteiger partial charge >= 0.3 is 0 Å². The molecule has 0 heterocycles. The van der Waals surface area contributed by atoms with Gasteiger partial charge in [-0.05, 0) is 30.3 Å². The second-order valence-electron chi connectivity index (χ2n) is 4.68. The van der Waals surface area contributed by atoms with Gasteiger partial charge in [0.05, 0.1) is 11.4 Å². The smallest absolute Gasteiger partial charge is 0.255 e. The molecule has 0 radical (unpaired) electrons. The number of nitrogens with zero attached hydrogens (tertiary/aromatic N) is 1. The normalized spacial score (nSPS) is 10.2. The van der Waals surface area contributed by atoms with Crippen LogP contribution in [0.25, 0.3) is 0 Å². The van der Waals surface area contributed by atoms with E-state index >= 15 is 0 Å². The summed E-state index contributed by atoms with van der Waals surface area (Å²) >= 11 is 0. The van der Waals surface area contributed by atoms with Crippen molar-refractivity contribution in [3.63, 3.8) is 0 Å². The lowest BCUT2D eigenvalue weighted by Crippen LogP contribution is -2.24. The number of halogens is 2. The molecule has 0 aliphatic carbocycles. The third-order valence-corrected chi connectivity index (χ3v) is 3.17. The van der Waals surface area contributed by atoms with E-state index in [4.69, 9.17) is 0 Å². The standard InChI is InChI=1S/C16H14F2N2O2/c1-10(21)20(2)15-6-4-3-5-14(15)19-16(22)11-7-8-12(17)13(18)9-11/h3-9H,1-2H3,(H,19,22). The highest BCUT2D eigenvalue weighted by atomic mass is 19.2. The Labute approximate surface area is 126 Å². The molecule has 0 fully saturated rings. The van der Waals surface area contributed by atoms with Gasteiger partial charge in [-0.2, -0.15) is 0 Å². The fraction of sp³-hybridized carbons (Fsp3) is 0.125. The van der Waals surface area contributed by atoms with Gasteiger partial charge in [-0.25, -0.2) is 8.78 Å². The van der Waals surface area contributed by atoms with E-state index in [1.54, 1.807) is 31.3 Å². The summed E-state index contributed by atoms with van der Waals surface area (Å²) in [5.74, 6) is -2.91. The van der Waals surface area contributed by atoms with Crippen molar-refractivity contribution in [3.05, 3.63) is 59.7 Å². The summed E-state index contributed by atoms with van der Waals surface area (Å²) in [5.41, 5.74) is 0.889. The first-order chi connectivity index (χ1) is 10.4. The van der Waals surface area contributed by atoms with Crippen LogP contribution in [0.15, 0.2) is 42.5 Å². The van der Waals surface area contributed by atoms with Crippen LogP contribution in [-0.4, -0.2) is 18.9 Å². The van der Waals surface area contributed by atoms with Crippen LogP contribution >= 0.6 is 0 Å². The van der Waals surface area contributed by atoms with Gasteiger partial charge in [-0.15, -0.1) is 0 Å². The summed E-state index contributed by atoms with van der Waals surface area (Å²) in [7, 11) is 1.57. The second-order valence-corrected chi connectivity index (χ2v) is 4.68. The van der Waals surface area contributed by atoms with E-state index in [0.29, 0.717) is 11.4 Å². The molecule has 0 aliphatic heterocycles. The lowest BCUT2D eigenvalue weighted by atomic mass is 10.2. The van der Waals surface area contributed by atoms with Crippen molar-refractivity contribution < 1.29 is 18.4 Å². The van der Waals surface area contributed by atoms with Crippen molar-refractivity contribution in [2.45, 2.75) is 6.92 Å². The van der Waals surface area contributed by atoms with Gasteiger partial charge in [0.25, 0.3) is 5.91 Å². The van der Waals surface area contributed by atoms with Crippen molar-refractivity contribution in [1.82, 2.24) is 0 Å². The summed E-state index contributed by atoms with van der Waals surface area (Å²) in [5, 5.41) is 2.59. The number of amides is 2. The first kappa shape index (κ1) is 15.6. The van der Waals surface area contributed by atoms with Crippen LogP contribution < -0.4 is 10.2 Å². The number of carbonyl (C=O) groups is 2. The fourth-order valence-electron chi connectivity index (χ4n) is 1.87. The number of hydrogen-bond acceptors (Lipinski definition) is 2. The molecule has 2 amide bonds. The minimum absolute atomic E-state index is 0.0146. The maximum absolute atomic E-state index is 13.2. The van der Waals surface area contributed by atoms with Crippen molar-refractivity contribution in [1.29, 1.82) is 0 Å². The van der Waals surface area contributed by atoms with Gasteiger partial charge in [0.1, 0.15) is 0 Å². The molecular weight excluding hydrogens is 290 g/mol. The maximum atomic E-state index is 13.2. The van der Waals surface area contributed by atoms with Gasteiger partial charge in [0, 0.05) is 19.5 Å². The summed E-state index contributed by atoms with van der Waals surface area (Å²) in [4.78, 5) is 25.0. The number of hydrogen-bond donors (Lipinski definition) is 1. The number of nitrogens with one attached hydrogen (secondary N) is 1. The molecule has 6 heteroatoms. The van der Waals surface area contributed by atoms with E-state index < -0.39 is 17.5 Å². The predicted octanol–water partition coefficient (Wildman–Crippen LogP) is 3.20. The summed E-state index contributed by atoms with van der Waals surface area (Å²) in [6, 6.07) is 9.60. The third-order valence-electron chi connectivity index (χ3n) is 3.17. The van der Waals surface area contributed by atoms with E-state index in [9.17, 15) is 18.4 Å². The van der Waals surface area contributed by atoms with Crippen LogP contribution in [0.3, 0.4) is 0 Å². The van der Waals surface area contributed by atoms with E-state index in [1.165, 1.54) is 17.9 Å². The average molecular weight is 304 g/mol.